The predicted molar refractivity (Wildman–Crippen MR) is 108 cm³/mol. The zero-order valence-corrected chi connectivity index (χ0v) is 17.7. The normalized spacial score (nSPS) is 11.1. The van der Waals surface area contributed by atoms with E-state index < -0.39 is 7.37 Å². The summed E-state index contributed by atoms with van der Waals surface area (Å²) in [7, 11) is -3.06. The van der Waals surface area contributed by atoms with Crippen LogP contribution < -0.4 is 0 Å². The second-order valence-corrected chi connectivity index (χ2v) is 9.54. The van der Waals surface area contributed by atoms with Crippen molar-refractivity contribution in [1.29, 1.82) is 0 Å². The van der Waals surface area contributed by atoms with Crippen molar-refractivity contribution in [3.8, 4) is 0 Å². The Hall–Kier alpha value is -1.39. The molecule has 0 atom stereocenters. The molecule has 0 amide bonds. The highest BCUT2D eigenvalue weighted by Gasteiger charge is 2.16. The quantitative estimate of drug-likeness (QED) is 0.175. The van der Waals surface area contributed by atoms with E-state index in [-0.39, 0.29) is 11.9 Å². The highest BCUT2D eigenvalue weighted by Crippen LogP contribution is 2.42. The highest BCUT2D eigenvalue weighted by atomic mass is 31.2. The summed E-state index contributed by atoms with van der Waals surface area (Å²) in [4.78, 5) is 32.4. The lowest BCUT2D eigenvalue weighted by atomic mass is 10.2. The molecule has 0 unspecified atom stereocenters. The molecule has 27 heavy (non-hydrogen) atoms. The monoisotopic (exact) mass is 402 g/mol. The van der Waals surface area contributed by atoms with Crippen molar-refractivity contribution >= 4 is 19.3 Å². The molecule has 6 nitrogen and oxygen atoms in total. The molecule has 156 valence electrons. The van der Waals surface area contributed by atoms with Gasteiger partial charge in [0.05, 0.1) is 13.2 Å². The van der Waals surface area contributed by atoms with Gasteiger partial charge < -0.3 is 14.4 Å². The van der Waals surface area contributed by atoms with Crippen LogP contribution in [0.5, 0.6) is 0 Å². The van der Waals surface area contributed by atoms with Gasteiger partial charge in [-0.25, -0.2) is 9.59 Å². The Balaban J connectivity index is 3.57. The molecule has 0 radical (unpaired) electrons. The van der Waals surface area contributed by atoms with Crippen molar-refractivity contribution in [2.24, 2.45) is 0 Å². The van der Waals surface area contributed by atoms with Crippen LogP contribution in [0, 0.1) is 0 Å². The Bertz CT molecular complexity index is 497. The molecule has 0 bridgehead atoms. The van der Waals surface area contributed by atoms with Crippen molar-refractivity contribution in [3.63, 3.8) is 0 Å². The first-order chi connectivity index (χ1) is 12.7. The Kier molecular flexibility index (Phi) is 13.9. The number of carbonyl (C=O) groups excluding carboxylic acids is 2. The van der Waals surface area contributed by atoms with Crippen LogP contribution in [0.25, 0.3) is 0 Å². The number of hydrogen-bond acceptors (Lipinski definition) is 5. The van der Waals surface area contributed by atoms with E-state index in [2.05, 4.69) is 13.2 Å². The molecule has 0 rings (SSSR count). The fourth-order valence-electron chi connectivity index (χ4n) is 2.32. The molecule has 0 spiro atoms. The third kappa shape index (κ3) is 15.4. The fourth-order valence-corrected chi connectivity index (χ4v) is 3.98. The first-order valence-electron chi connectivity index (χ1n) is 9.62. The summed E-state index contributed by atoms with van der Waals surface area (Å²) in [5.41, 5.74) is 0.785. The van der Waals surface area contributed by atoms with Crippen LogP contribution in [0.3, 0.4) is 0 Å². The maximum Gasteiger partial charge on any atom is 0.333 e. The van der Waals surface area contributed by atoms with E-state index in [1.807, 2.05) is 0 Å². The Morgan fingerprint density at radius 3 is 1.41 bits per heavy atom. The van der Waals surface area contributed by atoms with Gasteiger partial charge in [0, 0.05) is 23.5 Å². The second-order valence-electron chi connectivity index (χ2n) is 6.95. The summed E-state index contributed by atoms with van der Waals surface area (Å²) in [6.07, 6.45) is 7.04. The summed E-state index contributed by atoms with van der Waals surface area (Å²) >= 11 is 0. The highest BCUT2D eigenvalue weighted by molar-refractivity contribution is 7.57. The van der Waals surface area contributed by atoms with Gasteiger partial charge in [-0.3, -0.25) is 4.57 Å². The zero-order chi connectivity index (χ0) is 20.7. The van der Waals surface area contributed by atoms with Crippen LogP contribution in [-0.2, 0) is 23.6 Å². The van der Waals surface area contributed by atoms with Gasteiger partial charge in [0.25, 0.3) is 0 Å². The van der Waals surface area contributed by atoms with Crippen LogP contribution in [0.4, 0.5) is 0 Å². The number of carbonyl (C=O) groups is 2. The van der Waals surface area contributed by atoms with Crippen molar-refractivity contribution in [1.82, 2.24) is 0 Å². The largest absolute Gasteiger partial charge is 0.462 e. The fraction of sp³-hybridized carbons (Fsp3) is 0.700. The van der Waals surface area contributed by atoms with Gasteiger partial charge in [0.15, 0.2) is 0 Å². The molecule has 0 aromatic rings. The van der Waals surface area contributed by atoms with Crippen LogP contribution in [0.1, 0.15) is 65.2 Å². The molecule has 0 aliphatic carbocycles. The van der Waals surface area contributed by atoms with Gasteiger partial charge in [0.2, 0.25) is 7.37 Å². The molecule has 0 saturated heterocycles. The zero-order valence-electron chi connectivity index (χ0n) is 16.8. The number of hydrogen-bond donors (Lipinski definition) is 1. The van der Waals surface area contributed by atoms with Crippen LogP contribution in [0.2, 0.25) is 0 Å². The van der Waals surface area contributed by atoms with E-state index in [4.69, 9.17) is 9.47 Å². The lowest BCUT2D eigenvalue weighted by molar-refractivity contribution is -0.139. The van der Waals surface area contributed by atoms with E-state index in [9.17, 15) is 19.0 Å². The topological polar surface area (TPSA) is 89.9 Å². The van der Waals surface area contributed by atoms with Gasteiger partial charge in [-0.1, -0.05) is 38.8 Å². The van der Waals surface area contributed by atoms with Gasteiger partial charge in [-0.2, -0.15) is 0 Å². The molecule has 0 fully saturated rings. The minimum atomic E-state index is -3.06. The molecule has 0 aliphatic heterocycles. The number of unbranched alkanes of at least 4 members (excludes halogenated alkanes) is 6. The van der Waals surface area contributed by atoms with E-state index in [0.29, 0.717) is 49.5 Å². The average molecular weight is 402 g/mol. The number of ether oxygens (including phenoxy) is 2. The Morgan fingerprint density at radius 1 is 0.741 bits per heavy atom. The summed E-state index contributed by atoms with van der Waals surface area (Å²) in [6, 6.07) is 0. The van der Waals surface area contributed by atoms with Gasteiger partial charge in [-0.15, -0.1) is 0 Å². The van der Waals surface area contributed by atoms with E-state index in [1.54, 1.807) is 13.8 Å². The first kappa shape index (κ1) is 25.6. The molecule has 1 N–H and O–H groups in total. The summed E-state index contributed by atoms with van der Waals surface area (Å²) < 4.78 is 22.1. The molecule has 0 aromatic heterocycles. The Labute approximate surface area is 163 Å². The minimum Gasteiger partial charge on any atom is -0.462 e. The number of esters is 2. The lowest BCUT2D eigenvalue weighted by Crippen LogP contribution is -2.06. The Morgan fingerprint density at radius 2 is 1.07 bits per heavy atom. The van der Waals surface area contributed by atoms with E-state index in [1.165, 1.54) is 0 Å². The van der Waals surface area contributed by atoms with Crippen LogP contribution in [-0.4, -0.2) is 42.4 Å². The van der Waals surface area contributed by atoms with Crippen molar-refractivity contribution in [2.45, 2.75) is 65.2 Å². The van der Waals surface area contributed by atoms with Gasteiger partial charge in [0.1, 0.15) is 0 Å². The summed E-state index contributed by atoms with van der Waals surface area (Å²) in [5, 5.41) is 0. The summed E-state index contributed by atoms with van der Waals surface area (Å²) in [6.45, 7) is 11.0. The van der Waals surface area contributed by atoms with Crippen LogP contribution in [0.15, 0.2) is 24.3 Å². The lowest BCUT2D eigenvalue weighted by Gasteiger charge is -2.11. The SMILES string of the molecule is C=C(C)C(=O)OCCCCCCP(=O)(O)CCCCCCOC(=O)C(=C)C. The van der Waals surface area contributed by atoms with Gasteiger partial charge >= 0.3 is 11.9 Å². The van der Waals surface area contributed by atoms with E-state index in [0.717, 1.165) is 38.5 Å². The van der Waals surface area contributed by atoms with E-state index >= 15 is 0 Å². The van der Waals surface area contributed by atoms with Crippen LogP contribution >= 0.6 is 7.37 Å². The summed E-state index contributed by atoms with van der Waals surface area (Å²) in [5.74, 6) is -0.743. The second kappa shape index (κ2) is 14.6. The third-order valence-corrected chi connectivity index (χ3v) is 6.00. The van der Waals surface area contributed by atoms with Crippen molar-refractivity contribution < 1.29 is 28.5 Å². The van der Waals surface area contributed by atoms with Crippen molar-refractivity contribution in [2.75, 3.05) is 25.5 Å². The third-order valence-electron chi connectivity index (χ3n) is 3.97. The standard InChI is InChI=1S/C20H35O6P/c1-17(2)19(21)25-13-9-5-7-11-15-27(23,24)16-12-8-6-10-14-26-20(22)18(3)4/h1,3,5-16H2,2,4H3,(H,23,24). The molecule has 0 aliphatic rings. The smallest absolute Gasteiger partial charge is 0.333 e. The maximum atomic E-state index is 12.1. The average Bonchev–Trinajstić information content (AvgIpc) is 2.59. The molecule has 7 heteroatoms. The van der Waals surface area contributed by atoms with Crippen molar-refractivity contribution in [3.05, 3.63) is 24.3 Å². The molecular formula is C20H35O6P. The minimum absolute atomic E-state index is 0.342. The molecular weight excluding hydrogens is 367 g/mol. The van der Waals surface area contributed by atoms with Gasteiger partial charge in [-0.05, 0) is 39.5 Å². The maximum absolute atomic E-state index is 12.1. The molecule has 0 aromatic carbocycles. The predicted octanol–water partition coefficient (Wildman–Crippen LogP) is 4.62. The molecule has 0 saturated carbocycles. The number of rotatable bonds is 16. The first-order valence-corrected chi connectivity index (χ1v) is 11.6. The molecule has 0 heterocycles.